The molecule has 5 heteroatoms. The fraction of sp³-hybridized carbons (Fsp3) is 0.636. The van der Waals surface area contributed by atoms with Crippen LogP contribution in [0.25, 0.3) is 0 Å². The molecular formula is C11H17ClN2OS. The predicted octanol–water partition coefficient (Wildman–Crippen LogP) is 1.51. The molecule has 1 aromatic heterocycles. The van der Waals surface area contributed by atoms with E-state index in [2.05, 4.69) is 10.2 Å². The molecule has 1 aromatic rings. The number of halogens is 1. The Morgan fingerprint density at radius 3 is 2.75 bits per heavy atom. The van der Waals surface area contributed by atoms with Gasteiger partial charge in [-0.15, -0.1) is 11.3 Å². The molecule has 2 heterocycles. The highest BCUT2D eigenvalue weighted by Crippen LogP contribution is 2.31. The SMILES string of the molecule is CC(O)(CN1CCNCC1)c1ccc(Cl)s1. The second-order valence-electron chi connectivity index (χ2n) is 4.40. The van der Waals surface area contributed by atoms with E-state index in [4.69, 9.17) is 11.6 Å². The lowest BCUT2D eigenvalue weighted by Gasteiger charge is -2.33. The van der Waals surface area contributed by atoms with Gasteiger partial charge in [-0.2, -0.15) is 0 Å². The predicted molar refractivity (Wildman–Crippen MR) is 68.2 cm³/mol. The summed E-state index contributed by atoms with van der Waals surface area (Å²) in [5, 5.41) is 13.7. The van der Waals surface area contributed by atoms with E-state index in [0.29, 0.717) is 6.54 Å². The maximum atomic E-state index is 10.4. The van der Waals surface area contributed by atoms with Gasteiger partial charge >= 0.3 is 0 Å². The molecule has 1 unspecified atom stereocenters. The van der Waals surface area contributed by atoms with Gasteiger partial charge in [0, 0.05) is 37.6 Å². The maximum Gasteiger partial charge on any atom is 0.109 e. The molecule has 16 heavy (non-hydrogen) atoms. The van der Waals surface area contributed by atoms with Crippen molar-refractivity contribution in [1.29, 1.82) is 0 Å². The summed E-state index contributed by atoms with van der Waals surface area (Å²) in [4.78, 5) is 3.22. The van der Waals surface area contributed by atoms with Crippen LogP contribution >= 0.6 is 22.9 Å². The van der Waals surface area contributed by atoms with Crippen LogP contribution in [0.2, 0.25) is 4.34 Å². The smallest absolute Gasteiger partial charge is 0.109 e. The summed E-state index contributed by atoms with van der Waals surface area (Å²) < 4.78 is 0.732. The van der Waals surface area contributed by atoms with E-state index in [1.54, 1.807) is 0 Å². The number of rotatable bonds is 3. The molecule has 0 bridgehead atoms. The number of hydrogen-bond donors (Lipinski definition) is 2. The lowest BCUT2D eigenvalue weighted by molar-refractivity contribution is 0.0156. The zero-order valence-corrected chi connectivity index (χ0v) is 10.9. The molecule has 0 spiro atoms. The summed E-state index contributed by atoms with van der Waals surface area (Å²) in [7, 11) is 0. The molecule has 2 N–H and O–H groups in total. The van der Waals surface area contributed by atoms with E-state index in [0.717, 1.165) is 35.4 Å². The van der Waals surface area contributed by atoms with E-state index in [-0.39, 0.29) is 0 Å². The van der Waals surface area contributed by atoms with Crippen LogP contribution < -0.4 is 5.32 Å². The minimum Gasteiger partial charge on any atom is -0.383 e. The Morgan fingerprint density at radius 1 is 1.50 bits per heavy atom. The standard InChI is InChI=1S/C11H17ClN2OS/c1-11(15,9-2-3-10(12)16-9)8-14-6-4-13-5-7-14/h2-3,13,15H,4-8H2,1H3. The summed E-state index contributed by atoms with van der Waals surface area (Å²) in [5.74, 6) is 0. The van der Waals surface area contributed by atoms with Gasteiger partial charge < -0.3 is 10.4 Å². The Hall–Kier alpha value is -0.130. The average Bonchev–Trinajstić information content (AvgIpc) is 2.66. The molecule has 1 fully saturated rings. The molecule has 1 saturated heterocycles. The molecule has 0 aliphatic carbocycles. The van der Waals surface area contributed by atoms with Crippen LogP contribution in [0.4, 0.5) is 0 Å². The molecule has 0 radical (unpaired) electrons. The Morgan fingerprint density at radius 2 is 2.19 bits per heavy atom. The first kappa shape index (κ1) is 12.3. The van der Waals surface area contributed by atoms with Crippen molar-refractivity contribution in [3.05, 3.63) is 21.3 Å². The Bertz CT molecular complexity index is 348. The number of nitrogens with zero attached hydrogens (tertiary/aromatic N) is 1. The second-order valence-corrected chi connectivity index (χ2v) is 6.12. The van der Waals surface area contributed by atoms with Gasteiger partial charge in [-0.25, -0.2) is 0 Å². The Balaban J connectivity index is 2.01. The van der Waals surface area contributed by atoms with E-state index >= 15 is 0 Å². The monoisotopic (exact) mass is 260 g/mol. The third-order valence-electron chi connectivity index (χ3n) is 2.85. The third-order valence-corrected chi connectivity index (χ3v) is 4.33. The zero-order valence-electron chi connectivity index (χ0n) is 9.37. The van der Waals surface area contributed by atoms with Gasteiger partial charge in [0.25, 0.3) is 0 Å². The normalized spacial score (nSPS) is 21.9. The van der Waals surface area contributed by atoms with E-state index in [1.807, 2.05) is 19.1 Å². The summed E-state index contributed by atoms with van der Waals surface area (Å²) in [6.45, 7) is 6.52. The van der Waals surface area contributed by atoms with Gasteiger partial charge in [-0.1, -0.05) is 11.6 Å². The first-order valence-corrected chi connectivity index (χ1v) is 6.69. The van der Waals surface area contributed by atoms with Crippen LogP contribution in [0, 0.1) is 0 Å². The summed E-state index contributed by atoms with van der Waals surface area (Å²) >= 11 is 7.35. The molecule has 1 aliphatic rings. The lowest BCUT2D eigenvalue weighted by Crippen LogP contribution is -2.48. The first-order valence-electron chi connectivity index (χ1n) is 5.49. The Kier molecular flexibility index (Phi) is 3.87. The summed E-state index contributed by atoms with van der Waals surface area (Å²) in [5.41, 5.74) is -0.796. The minimum absolute atomic E-state index is 0.672. The fourth-order valence-corrected chi connectivity index (χ4v) is 3.07. The molecular weight excluding hydrogens is 244 g/mol. The minimum atomic E-state index is -0.796. The molecule has 0 saturated carbocycles. The van der Waals surface area contributed by atoms with E-state index in [1.165, 1.54) is 11.3 Å². The van der Waals surface area contributed by atoms with Crippen LogP contribution in [0.3, 0.4) is 0 Å². The van der Waals surface area contributed by atoms with Crippen molar-refractivity contribution in [3.63, 3.8) is 0 Å². The fourth-order valence-electron chi connectivity index (χ4n) is 1.99. The first-order chi connectivity index (χ1) is 7.58. The van der Waals surface area contributed by atoms with Crippen molar-refractivity contribution < 1.29 is 5.11 Å². The largest absolute Gasteiger partial charge is 0.383 e. The molecule has 2 rings (SSSR count). The van der Waals surface area contributed by atoms with Gasteiger partial charge in [-0.3, -0.25) is 4.90 Å². The van der Waals surface area contributed by atoms with Gasteiger partial charge in [0.2, 0.25) is 0 Å². The number of β-amino-alcohol motifs (C(OH)–C–C–N with tert-alkyl or cyclic N) is 1. The van der Waals surface area contributed by atoms with Crippen LogP contribution in [0.1, 0.15) is 11.8 Å². The summed E-state index contributed by atoms with van der Waals surface area (Å²) in [6.07, 6.45) is 0. The molecule has 90 valence electrons. The van der Waals surface area contributed by atoms with Crippen molar-refractivity contribution in [3.8, 4) is 0 Å². The summed E-state index contributed by atoms with van der Waals surface area (Å²) in [6, 6.07) is 3.75. The second kappa shape index (κ2) is 5.02. The molecule has 0 aromatic carbocycles. The molecule has 0 amide bonds. The quantitative estimate of drug-likeness (QED) is 0.865. The highest BCUT2D eigenvalue weighted by Gasteiger charge is 2.28. The molecule has 3 nitrogen and oxygen atoms in total. The van der Waals surface area contributed by atoms with Gasteiger partial charge in [0.15, 0.2) is 0 Å². The van der Waals surface area contributed by atoms with Crippen molar-refractivity contribution in [1.82, 2.24) is 10.2 Å². The van der Waals surface area contributed by atoms with Crippen LogP contribution in [0.5, 0.6) is 0 Å². The van der Waals surface area contributed by atoms with Crippen LogP contribution in [-0.2, 0) is 5.60 Å². The lowest BCUT2D eigenvalue weighted by atomic mass is 10.0. The van der Waals surface area contributed by atoms with E-state index < -0.39 is 5.60 Å². The number of thiophene rings is 1. The number of piperazine rings is 1. The number of aliphatic hydroxyl groups is 1. The zero-order chi connectivity index (χ0) is 11.6. The van der Waals surface area contributed by atoms with Crippen molar-refractivity contribution in [2.24, 2.45) is 0 Å². The topological polar surface area (TPSA) is 35.5 Å². The van der Waals surface area contributed by atoms with Gasteiger partial charge in [0.1, 0.15) is 5.60 Å². The van der Waals surface area contributed by atoms with Gasteiger partial charge in [-0.05, 0) is 19.1 Å². The average molecular weight is 261 g/mol. The van der Waals surface area contributed by atoms with E-state index in [9.17, 15) is 5.11 Å². The van der Waals surface area contributed by atoms with Crippen LogP contribution in [-0.4, -0.2) is 42.7 Å². The number of hydrogen-bond acceptors (Lipinski definition) is 4. The Labute approximate surface area is 105 Å². The molecule has 1 atom stereocenters. The highest BCUT2D eigenvalue weighted by atomic mass is 35.5. The number of nitrogens with one attached hydrogen (secondary N) is 1. The van der Waals surface area contributed by atoms with Gasteiger partial charge in [0.05, 0.1) is 4.34 Å². The van der Waals surface area contributed by atoms with Crippen molar-refractivity contribution in [2.75, 3.05) is 32.7 Å². The van der Waals surface area contributed by atoms with Crippen molar-refractivity contribution in [2.45, 2.75) is 12.5 Å². The maximum absolute atomic E-state index is 10.4. The third kappa shape index (κ3) is 2.96. The van der Waals surface area contributed by atoms with Crippen LogP contribution in [0.15, 0.2) is 12.1 Å². The highest BCUT2D eigenvalue weighted by molar-refractivity contribution is 7.16. The molecule has 1 aliphatic heterocycles. The van der Waals surface area contributed by atoms with Crippen molar-refractivity contribution >= 4 is 22.9 Å².